The van der Waals surface area contributed by atoms with Crippen molar-refractivity contribution >= 4 is 22.9 Å². The number of pyridine rings is 1. The summed E-state index contributed by atoms with van der Waals surface area (Å²) in [4.78, 5) is 34.6. The average Bonchev–Trinajstić information content (AvgIpc) is 3.36. The molecule has 0 atom stereocenters. The number of likely N-dealkylation sites (tertiary alicyclic amines) is 1. The number of piperidine rings is 1. The van der Waals surface area contributed by atoms with Crippen molar-refractivity contribution in [1.29, 1.82) is 0 Å². The molecule has 0 spiro atoms. The third-order valence-corrected chi connectivity index (χ3v) is 6.52. The molecule has 3 aromatic rings. The molecule has 0 saturated carbocycles. The topological polar surface area (TPSA) is 92.7 Å². The Morgan fingerprint density at radius 2 is 1.91 bits per heavy atom. The largest absolute Gasteiger partial charge is 0.466 e. The molecule has 1 aliphatic heterocycles. The number of hydrogen-bond acceptors (Lipinski definition) is 6. The molecule has 4 heterocycles. The molecule has 0 aliphatic carbocycles. The van der Waals surface area contributed by atoms with Crippen LogP contribution >= 0.6 is 0 Å². The molecule has 0 aromatic carbocycles. The van der Waals surface area contributed by atoms with Crippen molar-refractivity contribution in [3.8, 4) is 11.3 Å². The number of hydrogen-bond donors (Lipinski definition) is 0. The van der Waals surface area contributed by atoms with Crippen LogP contribution in [-0.4, -0.2) is 58.4 Å². The van der Waals surface area contributed by atoms with Crippen molar-refractivity contribution in [3.63, 3.8) is 0 Å². The van der Waals surface area contributed by atoms with E-state index < -0.39 is 0 Å². The van der Waals surface area contributed by atoms with Crippen LogP contribution in [0.4, 0.5) is 0 Å². The fourth-order valence-corrected chi connectivity index (χ4v) is 4.60. The zero-order chi connectivity index (χ0) is 23.7. The van der Waals surface area contributed by atoms with Gasteiger partial charge >= 0.3 is 0 Å². The van der Waals surface area contributed by atoms with E-state index >= 15 is 0 Å². The van der Waals surface area contributed by atoms with Gasteiger partial charge in [0, 0.05) is 38.2 Å². The highest BCUT2D eigenvalue weighted by molar-refractivity contribution is 6.07. The molecular weight excluding hydrogens is 420 g/mol. The number of furan rings is 1. The summed E-state index contributed by atoms with van der Waals surface area (Å²) in [7, 11) is 1.87. The molecule has 0 N–H and O–H groups in total. The van der Waals surface area contributed by atoms with Crippen LogP contribution in [0.5, 0.6) is 0 Å². The molecule has 1 fully saturated rings. The summed E-state index contributed by atoms with van der Waals surface area (Å²) in [5.41, 5.74) is 2.96. The first-order valence-corrected chi connectivity index (χ1v) is 11.7. The average molecular weight is 453 g/mol. The van der Waals surface area contributed by atoms with Crippen LogP contribution in [0.25, 0.3) is 22.4 Å². The van der Waals surface area contributed by atoms with Gasteiger partial charge in [-0.2, -0.15) is 0 Å². The SMILES string of the molecule is CCCCN(C)C(=O)C1CCN(C(=O)c2cc(-c3cc(C)oc3C)nc3onc(C)c23)CC1. The lowest BCUT2D eigenvalue weighted by atomic mass is 9.94. The van der Waals surface area contributed by atoms with Crippen molar-refractivity contribution in [2.24, 2.45) is 5.92 Å². The minimum absolute atomic E-state index is 0.0298. The van der Waals surface area contributed by atoms with Crippen molar-refractivity contribution in [1.82, 2.24) is 19.9 Å². The van der Waals surface area contributed by atoms with Crippen molar-refractivity contribution in [2.75, 3.05) is 26.7 Å². The summed E-state index contributed by atoms with van der Waals surface area (Å²) in [6.07, 6.45) is 3.41. The van der Waals surface area contributed by atoms with Crippen LogP contribution in [-0.2, 0) is 4.79 Å². The number of aryl methyl sites for hydroxylation is 3. The maximum absolute atomic E-state index is 13.6. The number of amides is 2. The molecule has 0 bridgehead atoms. The fraction of sp³-hybridized carbons (Fsp3) is 0.520. The van der Waals surface area contributed by atoms with E-state index in [1.807, 2.05) is 49.8 Å². The third-order valence-electron chi connectivity index (χ3n) is 6.52. The lowest BCUT2D eigenvalue weighted by molar-refractivity contribution is -0.135. The summed E-state index contributed by atoms with van der Waals surface area (Å²) in [5.74, 6) is 1.59. The molecule has 0 unspecified atom stereocenters. The van der Waals surface area contributed by atoms with Crippen molar-refractivity contribution in [2.45, 2.75) is 53.4 Å². The molecule has 1 saturated heterocycles. The summed E-state index contributed by atoms with van der Waals surface area (Å²) < 4.78 is 11.1. The predicted molar refractivity (Wildman–Crippen MR) is 125 cm³/mol. The van der Waals surface area contributed by atoms with Crippen LogP contribution in [0, 0.1) is 26.7 Å². The normalized spacial score (nSPS) is 14.8. The number of aromatic nitrogens is 2. The van der Waals surface area contributed by atoms with Gasteiger partial charge in [0.05, 0.1) is 22.3 Å². The number of fused-ring (bicyclic) bond motifs is 1. The Hall–Kier alpha value is -3.16. The third kappa shape index (κ3) is 4.51. The van der Waals surface area contributed by atoms with E-state index in [0.29, 0.717) is 54.0 Å². The fourth-order valence-electron chi connectivity index (χ4n) is 4.60. The Morgan fingerprint density at radius 3 is 2.55 bits per heavy atom. The minimum Gasteiger partial charge on any atom is -0.466 e. The van der Waals surface area contributed by atoms with Crippen LogP contribution in [0.2, 0.25) is 0 Å². The Morgan fingerprint density at radius 1 is 1.18 bits per heavy atom. The van der Waals surface area contributed by atoms with Crippen molar-refractivity contribution in [3.05, 3.63) is 34.9 Å². The van der Waals surface area contributed by atoms with Gasteiger partial charge in [-0.15, -0.1) is 0 Å². The molecule has 2 amide bonds. The Labute approximate surface area is 193 Å². The van der Waals surface area contributed by atoms with E-state index in [0.717, 1.165) is 36.5 Å². The second-order valence-electron chi connectivity index (χ2n) is 9.01. The minimum atomic E-state index is -0.0851. The number of carbonyl (C=O) groups is 2. The molecule has 3 aromatic heterocycles. The molecule has 8 nitrogen and oxygen atoms in total. The van der Waals surface area contributed by atoms with Gasteiger partial charge in [-0.25, -0.2) is 4.98 Å². The number of rotatable bonds is 6. The number of carbonyl (C=O) groups excluding carboxylic acids is 2. The lowest BCUT2D eigenvalue weighted by Gasteiger charge is -2.33. The summed E-state index contributed by atoms with van der Waals surface area (Å²) >= 11 is 0. The second-order valence-corrected chi connectivity index (χ2v) is 9.01. The molecule has 4 rings (SSSR count). The summed E-state index contributed by atoms with van der Waals surface area (Å²) in [5, 5.41) is 4.68. The molecule has 0 radical (unpaired) electrons. The highest BCUT2D eigenvalue weighted by Gasteiger charge is 2.31. The standard InChI is InChI=1S/C25H32N4O4/c1-6-7-10-28(5)24(30)18-8-11-29(12-9-18)25(31)20-14-21(19-13-15(2)32-17(19)4)26-23-22(20)16(3)27-33-23/h13-14,18H,6-12H2,1-5H3. The van der Waals surface area contributed by atoms with E-state index in [1.165, 1.54) is 0 Å². The molecule has 33 heavy (non-hydrogen) atoms. The Bertz CT molecular complexity index is 1170. The summed E-state index contributed by atoms with van der Waals surface area (Å²) in [6, 6.07) is 3.72. The zero-order valence-electron chi connectivity index (χ0n) is 20.1. The van der Waals surface area contributed by atoms with Crippen LogP contribution in [0.3, 0.4) is 0 Å². The van der Waals surface area contributed by atoms with Gasteiger partial charge in [0.25, 0.3) is 11.6 Å². The summed E-state index contributed by atoms with van der Waals surface area (Å²) in [6.45, 7) is 9.57. The van der Waals surface area contributed by atoms with Gasteiger partial charge in [0.1, 0.15) is 11.5 Å². The van der Waals surface area contributed by atoms with Gasteiger partial charge in [-0.3, -0.25) is 9.59 Å². The molecule has 1 aliphatic rings. The number of unbranched alkanes of at least 4 members (excludes halogenated alkanes) is 1. The zero-order valence-corrected chi connectivity index (χ0v) is 20.1. The smallest absolute Gasteiger partial charge is 0.259 e. The maximum atomic E-state index is 13.6. The van der Waals surface area contributed by atoms with Crippen molar-refractivity contribution < 1.29 is 18.5 Å². The second kappa shape index (κ2) is 9.37. The molecule has 8 heteroatoms. The van der Waals surface area contributed by atoms with E-state index in [9.17, 15) is 9.59 Å². The van der Waals surface area contributed by atoms with Gasteiger partial charge in [0.15, 0.2) is 0 Å². The Balaban J connectivity index is 1.57. The molecular formula is C25H32N4O4. The highest BCUT2D eigenvalue weighted by atomic mass is 16.5. The Kier molecular flexibility index (Phi) is 6.54. The number of nitrogens with zero attached hydrogens (tertiary/aromatic N) is 4. The van der Waals surface area contributed by atoms with E-state index in [1.54, 1.807) is 0 Å². The van der Waals surface area contributed by atoms with E-state index in [-0.39, 0.29) is 17.7 Å². The predicted octanol–water partition coefficient (Wildman–Crippen LogP) is 4.52. The first-order valence-electron chi connectivity index (χ1n) is 11.7. The first kappa shape index (κ1) is 23.0. The first-order chi connectivity index (χ1) is 15.8. The quantitative estimate of drug-likeness (QED) is 0.546. The van der Waals surface area contributed by atoms with Gasteiger partial charge in [-0.1, -0.05) is 18.5 Å². The monoisotopic (exact) mass is 452 g/mol. The molecule has 176 valence electrons. The van der Waals surface area contributed by atoms with Crippen LogP contribution in [0.1, 0.15) is 60.2 Å². The van der Waals surface area contributed by atoms with E-state index in [4.69, 9.17) is 8.94 Å². The maximum Gasteiger partial charge on any atom is 0.259 e. The van der Waals surface area contributed by atoms with Crippen LogP contribution < -0.4 is 0 Å². The van der Waals surface area contributed by atoms with E-state index in [2.05, 4.69) is 17.1 Å². The highest BCUT2D eigenvalue weighted by Crippen LogP contribution is 2.32. The van der Waals surface area contributed by atoms with Gasteiger partial charge in [0.2, 0.25) is 5.91 Å². The van der Waals surface area contributed by atoms with Crippen LogP contribution in [0.15, 0.2) is 21.1 Å². The lowest BCUT2D eigenvalue weighted by Crippen LogP contribution is -2.43. The van der Waals surface area contributed by atoms with Gasteiger partial charge < -0.3 is 18.7 Å². The van der Waals surface area contributed by atoms with Gasteiger partial charge in [-0.05, 0) is 52.2 Å².